The van der Waals surface area contributed by atoms with Crippen LogP contribution in [0.3, 0.4) is 0 Å². The first-order valence-electron chi connectivity index (χ1n) is 8.07. The molecular formula is C16H24F2N2O3Si. The summed E-state index contributed by atoms with van der Waals surface area (Å²) in [5.41, 5.74) is -0.0281. The Bertz CT molecular complexity index is 622. The van der Waals surface area contributed by atoms with Crippen LogP contribution < -0.4 is 5.56 Å². The average molecular weight is 358 g/mol. The van der Waals surface area contributed by atoms with Crippen LogP contribution in [-0.4, -0.2) is 49.7 Å². The molecule has 2 heterocycles. The molecule has 5 nitrogen and oxygen atoms in total. The molecule has 24 heavy (non-hydrogen) atoms. The van der Waals surface area contributed by atoms with E-state index in [9.17, 15) is 18.4 Å². The van der Waals surface area contributed by atoms with Gasteiger partial charge in [-0.1, -0.05) is 25.7 Å². The monoisotopic (exact) mass is 358 g/mol. The largest absolute Gasteiger partial charge is 0.450 e. The molecule has 0 radical (unpaired) electrons. The number of nitrogens with zero attached hydrogens (tertiary/aromatic N) is 1. The number of hydrogen-bond donors (Lipinski definition) is 1. The SMILES string of the molecule is C[Si](C)(C)CCOC(=O)N1CCC(F)(F)C(c2ccc(=O)[nH]c2)C1. The zero-order valence-corrected chi connectivity index (χ0v) is 15.3. The second-order valence-electron chi connectivity index (χ2n) is 7.42. The normalized spacial score (nSPS) is 20.7. The van der Waals surface area contributed by atoms with E-state index in [1.807, 2.05) is 0 Å². The molecule has 0 aromatic carbocycles. The van der Waals surface area contributed by atoms with E-state index in [2.05, 4.69) is 24.6 Å². The van der Waals surface area contributed by atoms with Crippen LogP contribution in [0.4, 0.5) is 13.6 Å². The smallest absolute Gasteiger partial charge is 0.409 e. The summed E-state index contributed by atoms with van der Waals surface area (Å²) in [6.07, 6.45) is 0.332. The minimum Gasteiger partial charge on any atom is -0.450 e. The summed E-state index contributed by atoms with van der Waals surface area (Å²) in [4.78, 5) is 27.0. The van der Waals surface area contributed by atoms with Gasteiger partial charge in [-0.15, -0.1) is 0 Å². The highest BCUT2D eigenvalue weighted by molar-refractivity contribution is 6.76. The highest BCUT2D eigenvalue weighted by atomic mass is 28.3. The predicted molar refractivity (Wildman–Crippen MR) is 90.4 cm³/mol. The third-order valence-electron chi connectivity index (χ3n) is 4.17. The maximum absolute atomic E-state index is 14.2. The number of H-pyrrole nitrogens is 1. The molecule has 1 amide bonds. The molecule has 0 spiro atoms. The quantitative estimate of drug-likeness (QED) is 0.840. The summed E-state index contributed by atoms with van der Waals surface area (Å²) in [7, 11) is -1.32. The average Bonchev–Trinajstić information content (AvgIpc) is 2.46. The summed E-state index contributed by atoms with van der Waals surface area (Å²) in [6, 6.07) is 3.44. The topological polar surface area (TPSA) is 62.4 Å². The van der Waals surface area contributed by atoms with Gasteiger partial charge in [0, 0.05) is 39.8 Å². The van der Waals surface area contributed by atoms with Crippen LogP contribution in [0.1, 0.15) is 17.9 Å². The summed E-state index contributed by atoms with van der Waals surface area (Å²) in [5, 5.41) is 0. The molecule has 0 bridgehead atoms. The first-order valence-corrected chi connectivity index (χ1v) is 11.8. The number of aromatic amines is 1. The number of carbonyl (C=O) groups excluding carboxylic acids is 1. The Morgan fingerprint density at radius 2 is 2.12 bits per heavy atom. The number of amides is 1. The lowest BCUT2D eigenvalue weighted by atomic mass is 9.88. The molecule has 1 aromatic rings. The van der Waals surface area contributed by atoms with Crippen LogP contribution in [-0.2, 0) is 4.74 Å². The molecule has 1 N–H and O–H groups in total. The van der Waals surface area contributed by atoms with E-state index in [-0.39, 0.29) is 18.6 Å². The lowest BCUT2D eigenvalue weighted by molar-refractivity contribution is -0.0723. The van der Waals surface area contributed by atoms with Crippen molar-refractivity contribution < 1.29 is 18.3 Å². The van der Waals surface area contributed by atoms with Crippen molar-refractivity contribution in [1.82, 2.24) is 9.88 Å². The highest BCUT2D eigenvalue weighted by Crippen LogP contribution is 2.40. The molecule has 1 atom stereocenters. The van der Waals surface area contributed by atoms with E-state index in [4.69, 9.17) is 4.74 Å². The van der Waals surface area contributed by atoms with Gasteiger partial charge in [0.15, 0.2) is 0 Å². The van der Waals surface area contributed by atoms with Crippen molar-refractivity contribution in [1.29, 1.82) is 0 Å². The Labute approximate surface area is 141 Å². The Kier molecular flexibility index (Phi) is 5.47. The number of ether oxygens (including phenoxy) is 1. The second-order valence-corrected chi connectivity index (χ2v) is 13.0. The fourth-order valence-corrected chi connectivity index (χ4v) is 3.31. The summed E-state index contributed by atoms with van der Waals surface area (Å²) in [5.74, 6) is -4.07. The van der Waals surface area contributed by atoms with E-state index >= 15 is 0 Å². The van der Waals surface area contributed by atoms with Crippen molar-refractivity contribution in [2.45, 2.75) is 43.9 Å². The molecular weight excluding hydrogens is 334 g/mol. The summed E-state index contributed by atoms with van der Waals surface area (Å²) >= 11 is 0. The number of halogens is 2. The number of piperidine rings is 1. The van der Waals surface area contributed by atoms with Gasteiger partial charge in [0.1, 0.15) is 0 Å². The van der Waals surface area contributed by atoms with E-state index < -0.39 is 32.4 Å². The van der Waals surface area contributed by atoms with Gasteiger partial charge in [0.2, 0.25) is 5.56 Å². The molecule has 1 fully saturated rings. The van der Waals surface area contributed by atoms with Gasteiger partial charge in [0.05, 0.1) is 12.5 Å². The number of nitrogens with one attached hydrogen (secondary N) is 1. The number of hydrogen-bond acceptors (Lipinski definition) is 3. The molecule has 1 aliphatic rings. The Morgan fingerprint density at radius 1 is 1.42 bits per heavy atom. The highest BCUT2D eigenvalue weighted by Gasteiger charge is 2.46. The van der Waals surface area contributed by atoms with E-state index in [0.717, 1.165) is 6.04 Å². The first-order chi connectivity index (χ1) is 11.1. The van der Waals surface area contributed by atoms with Gasteiger partial charge in [-0.25, -0.2) is 13.6 Å². The fourth-order valence-electron chi connectivity index (χ4n) is 2.59. The number of pyridine rings is 1. The predicted octanol–water partition coefficient (Wildman–Crippen LogP) is 3.27. The van der Waals surface area contributed by atoms with Crippen LogP contribution >= 0.6 is 0 Å². The maximum Gasteiger partial charge on any atom is 0.409 e. The van der Waals surface area contributed by atoms with Gasteiger partial charge >= 0.3 is 6.09 Å². The van der Waals surface area contributed by atoms with Gasteiger partial charge < -0.3 is 14.6 Å². The number of carbonyl (C=O) groups is 1. The Balaban J connectivity index is 2.03. The molecule has 0 aliphatic carbocycles. The van der Waals surface area contributed by atoms with Gasteiger partial charge in [-0.05, 0) is 11.6 Å². The van der Waals surface area contributed by atoms with Crippen molar-refractivity contribution >= 4 is 14.2 Å². The van der Waals surface area contributed by atoms with E-state index in [0.29, 0.717) is 12.2 Å². The maximum atomic E-state index is 14.2. The van der Waals surface area contributed by atoms with Crippen molar-refractivity contribution in [3.63, 3.8) is 0 Å². The van der Waals surface area contributed by atoms with Crippen LogP contribution in [0.15, 0.2) is 23.1 Å². The molecule has 2 rings (SSSR count). The number of rotatable bonds is 4. The molecule has 134 valence electrons. The van der Waals surface area contributed by atoms with Gasteiger partial charge in [-0.2, -0.15) is 0 Å². The van der Waals surface area contributed by atoms with Crippen molar-refractivity contribution in [2.75, 3.05) is 19.7 Å². The number of likely N-dealkylation sites (tertiary alicyclic amines) is 1. The minimum absolute atomic E-state index is 0.0291. The number of alkyl halides is 2. The van der Waals surface area contributed by atoms with Crippen LogP contribution in [0.2, 0.25) is 25.7 Å². The van der Waals surface area contributed by atoms with Crippen molar-refractivity contribution in [2.24, 2.45) is 0 Å². The number of aromatic nitrogens is 1. The minimum atomic E-state index is -2.92. The lowest BCUT2D eigenvalue weighted by Gasteiger charge is -2.38. The van der Waals surface area contributed by atoms with Crippen molar-refractivity contribution in [3.05, 3.63) is 34.2 Å². The zero-order valence-electron chi connectivity index (χ0n) is 14.3. The Morgan fingerprint density at radius 3 is 2.71 bits per heavy atom. The van der Waals surface area contributed by atoms with Crippen LogP contribution in [0, 0.1) is 0 Å². The third kappa shape index (κ3) is 4.89. The van der Waals surface area contributed by atoms with E-state index in [1.165, 1.54) is 23.2 Å². The molecule has 1 unspecified atom stereocenters. The van der Waals surface area contributed by atoms with E-state index in [1.54, 1.807) is 0 Å². The summed E-state index contributed by atoms with van der Waals surface area (Å²) in [6.45, 7) is 6.70. The first kappa shape index (κ1) is 18.6. The molecule has 8 heteroatoms. The Hall–Kier alpha value is -1.70. The van der Waals surface area contributed by atoms with Gasteiger partial charge in [-0.3, -0.25) is 4.79 Å². The molecule has 1 saturated heterocycles. The van der Waals surface area contributed by atoms with Crippen LogP contribution in [0.5, 0.6) is 0 Å². The lowest BCUT2D eigenvalue weighted by Crippen LogP contribution is -2.48. The molecule has 0 saturated carbocycles. The standard InChI is InChI=1S/C16H24F2N2O3Si/c1-24(2,3)9-8-23-15(22)20-7-6-16(17,18)13(11-20)12-4-5-14(21)19-10-12/h4-5,10,13H,6-9,11H2,1-3H3,(H,19,21). The molecule has 1 aliphatic heterocycles. The van der Waals surface area contributed by atoms with Gasteiger partial charge in [0.25, 0.3) is 5.92 Å². The second kappa shape index (κ2) is 7.04. The third-order valence-corrected chi connectivity index (χ3v) is 5.88. The molecule has 1 aromatic heterocycles. The summed E-state index contributed by atoms with van der Waals surface area (Å²) < 4.78 is 33.7. The zero-order chi connectivity index (χ0) is 18.0. The van der Waals surface area contributed by atoms with Crippen molar-refractivity contribution in [3.8, 4) is 0 Å². The van der Waals surface area contributed by atoms with Crippen LogP contribution in [0.25, 0.3) is 0 Å². The fraction of sp³-hybridized carbons (Fsp3) is 0.625.